The molecule has 0 bridgehead atoms. The Kier molecular flexibility index (Phi) is 8.21. The lowest BCUT2D eigenvalue weighted by Crippen LogP contribution is -2.11. The van der Waals surface area contributed by atoms with Gasteiger partial charge in [0, 0.05) is 42.8 Å². The molecule has 11 heteroatoms. The first-order valence-electron chi connectivity index (χ1n) is 12.9. The standard InChI is InChI=1S/C31H25F4N3O4/c1-17-6-7-19(22(32)12-17)16-42-28-5-3-4-24(37-28)21-14-23(33)20(29(34)30(21)35)15-27-36-25-9-8-18(31(39)40)13-26(25)38(27)10-11-41-2/h3-9,12-14H,10-11,15-16H2,1-2H3,(H,39,40). The molecule has 42 heavy (non-hydrogen) atoms. The Labute approximate surface area is 238 Å². The summed E-state index contributed by atoms with van der Waals surface area (Å²) in [6.45, 7) is 2.04. The molecule has 0 unspecified atom stereocenters. The number of halogens is 4. The summed E-state index contributed by atoms with van der Waals surface area (Å²) in [6.07, 6.45) is -0.408. The molecule has 0 fully saturated rings. The average molecular weight is 580 g/mol. The Hall–Kier alpha value is -4.77. The van der Waals surface area contributed by atoms with E-state index in [2.05, 4.69) is 9.97 Å². The van der Waals surface area contributed by atoms with Crippen molar-refractivity contribution in [2.45, 2.75) is 26.5 Å². The van der Waals surface area contributed by atoms with Gasteiger partial charge in [0.1, 0.15) is 24.1 Å². The number of carboxylic acids is 1. The minimum absolute atomic E-state index is 0.0167. The van der Waals surface area contributed by atoms with Crippen LogP contribution in [0, 0.1) is 30.2 Å². The number of hydrogen-bond donors (Lipinski definition) is 1. The van der Waals surface area contributed by atoms with E-state index in [-0.39, 0.29) is 48.3 Å². The lowest BCUT2D eigenvalue weighted by atomic mass is 10.0. The van der Waals surface area contributed by atoms with Crippen LogP contribution in [-0.2, 0) is 24.3 Å². The number of fused-ring (bicyclic) bond motifs is 1. The zero-order valence-corrected chi connectivity index (χ0v) is 22.6. The van der Waals surface area contributed by atoms with Crippen LogP contribution in [0.3, 0.4) is 0 Å². The second kappa shape index (κ2) is 12.0. The minimum Gasteiger partial charge on any atom is -0.478 e. The molecule has 5 aromatic rings. The van der Waals surface area contributed by atoms with Gasteiger partial charge in [-0.15, -0.1) is 0 Å². The van der Waals surface area contributed by atoms with Gasteiger partial charge in [-0.2, -0.15) is 0 Å². The van der Waals surface area contributed by atoms with Crippen LogP contribution < -0.4 is 4.74 Å². The van der Waals surface area contributed by atoms with Crippen molar-refractivity contribution in [2.24, 2.45) is 0 Å². The zero-order valence-electron chi connectivity index (χ0n) is 22.6. The van der Waals surface area contributed by atoms with Crippen molar-refractivity contribution in [2.75, 3.05) is 13.7 Å². The number of carboxylic acid groups (broad SMARTS) is 1. The number of pyridine rings is 1. The van der Waals surface area contributed by atoms with Gasteiger partial charge in [-0.3, -0.25) is 0 Å². The van der Waals surface area contributed by atoms with Crippen LogP contribution in [0.1, 0.15) is 32.9 Å². The molecule has 5 rings (SSSR count). The maximum atomic E-state index is 15.4. The topological polar surface area (TPSA) is 86.5 Å². The summed E-state index contributed by atoms with van der Waals surface area (Å²) in [5, 5.41) is 9.37. The number of aromatic carboxylic acids is 1. The quantitative estimate of drug-likeness (QED) is 0.151. The van der Waals surface area contributed by atoms with Gasteiger partial charge in [0.05, 0.1) is 28.9 Å². The lowest BCUT2D eigenvalue weighted by molar-refractivity contribution is 0.0697. The van der Waals surface area contributed by atoms with E-state index in [9.17, 15) is 14.3 Å². The summed E-state index contributed by atoms with van der Waals surface area (Å²) in [5.41, 5.74) is 0.859. The van der Waals surface area contributed by atoms with Gasteiger partial charge in [-0.1, -0.05) is 18.2 Å². The smallest absolute Gasteiger partial charge is 0.335 e. The van der Waals surface area contributed by atoms with Gasteiger partial charge < -0.3 is 19.1 Å². The number of rotatable bonds is 10. The van der Waals surface area contributed by atoms with Crippen molar-refractivity contribution < 1.29 is 36.9 Å². The minimum atomic E-state index is -1.41. The molecule has 3 aromatic carbocycles. The highest BCUT2D eigenvalue weighted by Crippen LogP contribution is 2.31. The Bertz CT molecular complexity index is 1810. The third kappa shape index (κ3) is 5.82. The van der Waals surface area contributed by atoms with Crippen LogP contribution in [0.5, 0.6) is 5.88 Å². The molecule has 2 heterocycles. The van der Waals surface area contributed by atoms with E-state index in [0.29, 0.717) is 11.0 Å². The normalized spacial score (nSPS) is 11.3. The van der Waals surface area contributed by atoms with Gasteiger partial charge >= 0.3 is 5.97 Å². The van der Waals surface area contributed by atoms with Gasteiger partial charge in [0.15, 0.2) is 11.6 Å². The summed E-state index contributed by atoms with van der Waals surface area (Å²) in [7, 11) is 1.48. The van der Waals surface area contributed by atoms with Crippen LogP contribution in [-0.4, -0.2) is 39.3 Å². The monoisotopic (exact) mass is 579 g/mol. The average Bonchev–Trinajstić information content (AvgIpc) is 3.31. The van der Waals surface area contributed by atoms with Gasteiger partial charge in [-0.05, 0) is 48.9 Å². The summed E-state index contributed by atoms with van der Waals surface area (Å²) >= 11 is 0. The second-order valence-corrected chi connectivity index (χ2v) is 9.61. The van der Waals surface area contributed by atoms with Gasteiger partial charge in [-0.25, -0.2) is 32.3 Å². The summed E-state index contributed by atoms with van der Waals surface area (Å²) < 4.78 is 72.6. The van der Waals surface area contributed by atoms with Crippen molar-refractivity contribution in [3.8, 4) is 17.1 Å². The summed E-state index contributed by atoms with van der Waals surface area (Å²) in [6, 6.07) is 14.1. The predicted molar refractivity (Wildman–Crippen MR) is 146 cm³/mol. The Balaban J connectivity index is 1.45. The molecular weight excluding hydrogens is 554 g/mol. The van der Waals surface area contributed by atoms with Crippen LogP contribution in [0.2, 0.25) is 0 Å². The Morgan fingerprint density at radius 3 is 2.50 bits per heavy atom. The molecule has 0 atom stereocenters. The van der Waals surface area contributed by atoms with Crippen LogP contribution in [0.4, 0.5) is 17.6 Å². The van der Waals surface area contributed by atoms with E-state index in [1.807, 2.05) is 0 Å². The third-order valence-corrected chi connectivity index (χ3v) is 6.77. The molecule has 0 radical (unpaired) electrons. The first-order valence-corrected chi connectivity index (χ1v) is 12.9. The summed E-state index contributed by atoms with van der Waals surface area (Å²) in [4.78, 5) is 20.1. The van der Waals surface area contributed by atoms with E-state index in [0.717, 1.165) is 11.6 Å². The van der Waals surface area contributed by atoms with Gasteiger partial charge in [0.25, 0.3) is 0 Å². The molecule has 0 amide bonds. The first-order chi connectivity index (χ1) is 20.2. The second-order valence-electron chi connectivity index (χ2n) is 9.61. The molecule has 0 spiro atoms. The van der Waals surface area contributed by atoms with E-state index >= 15 is 13.2 Å². The number of benzene rings is 3. The first kappa shape index (κ1) is 28.7. The fourth-order valence-corrected chi connectivity index (χ4v) is 4.58. The number of carbonyl (C=O) groups is 1. The fraction of sp³-hybridized carbons (Fsp3) is 0.194. The van der Waals surface area contributed by atoms with Crippen LogP contribution in [0.15, 0.2) is 60.7 Å². The SMILES string of the molecule is COCCn1c(Cc2c(F)cc(-c3cccc(OCc4ccc(C)cc4F)n3)c(F)c2F)nc2ccc(C(=O)O)cc21. The van der Waals surface area contributed by atoms with Crippen LogP contribution >= 0.6 is 0 Å². The van der Waals surface area contributed by atoms with E-state index < -0.39 is 46.8 Å². The highest BCUT2D eigenvalue weighted by Gasteiger charge is 2.23. The maximum Gasteiger partial charge on any atom is 0.335 e. The maximum absolute atomic E-state index is 15.4. The van der Waals surface area contributed by atoms with Crippen molar-refractivity contribution in [3.05, 3.63) is 112 Å². The lowest BCUT2D eigenvalue weighted by Gasteiger charge is -2.13. The number of aromatic nitrogens is 3. The molecule has 2 aromatic heterocycles. The Morgan fingerprint density at radius 1 is 0.952 bits per heavy atom. The van der Waals surface area contributed by atoms with Crippen molar-refractivity contribution in [3.63, 3.8) is 0 Å². The molecular formula is C31H25F4N3O4. The molecule has 0 aliphatic heterocycles. The number of aryl methyl sites for hydroxylation is 1. The number of ether oxygens (including phenoxy) is 2. The molecule has 0 saturated heterocycles. The fourth-order valence-electron chi connectivity index (χ4n) is 4.58. The molecule has 0 aliphatic rings. The Morgan fingerprint density at radius 2 is 1.76 bits per heavy atom. The highest BCUT2D eigenvalue weighted by molar-refractivity contribution is 5.92. The van der Waals surface area contributed by atoms with E-state index in [1.165, 1.54) is 49.6 Å². The van der Waals surface area contributed by atoms with Crippen molar-refractivity contribution >= 4 is 17.0 Å². The largest absolute Gasteiger partial charge is 0.478 e. The number of imidazole rings is 1. The number of hydrogen-bond acceptors (Lipinski definition) is 5. The zero-order chi connectivity index (χ0) is 30.0. The molecule has 1 N–H and O–H groups in total. The predicted octanol–water partition coefficient (Wildman–Crippen LogP) is 6.48. The number of methoxy groups -OCH3 is 1. The summed E-state index contributed by atoms with van der Waals surface area (Å²) in [5.74, 6) is -5.11. The molecule has 0 aliphatic carbocycles. The van der Waals surface area contributed by atoms with E-state index in [4.69, 9.17) is 9.47 Å². The molecule has 0 saturated carbocycles. The highest BCUT2D eigenvalue weighted by atomic mass is 19.2. The van der Waals surface area contributed by atoms with Gasteiger partial charge in [0.2, 0.25) is 5.88 Å². The van der Waals surface area contributed by atoms with E-state index in [1.54, 1.807) is 23.6 Å². The third-order valence-electron chi connectivity index (χ3n) is 6.77. The number of nitrogens with zero attached hydrogens (tertiary/aromatic N) is 3. The molecule has 216 valence electrons. The van der Waals surface area contributed by atoms with Crippen LogP contribution in [0.25, 0.3) is 22.3 Å². The molecule has 7 nitrogen and oxygen atoms in total. The van der Waals surface area contributed by atoms with Crippen molar-refractivity contribution in [1.29, 1.82) is 0 Å². The van der Waals surface area contributed by atoms with Crippen molar-refractivity contribution in [1.82, 2.24) is 14.5 Å².